The fourth-order valence-corrected chi connectivity index (χ4v) is 5.82. The van der Waals surface area contributed by atoms with E-state index in [1.165, 1.54) is 0 Å². The van der Waals surface area contributed by atoms with Crippen molar-refractivity contribution in [1.82, 2.24) is 9.71 Å². The Balaban J connectivity index is 1.91. The van der Waals surface area contributed by atoms with Crippen LogP contribution in [0.1, 0.15) is 48.4 Å². The summed E-state index contributed by atoms with van der Waals surface area (Å²) >= 11 is 0. The molecule has 3 aromatic rings. The molecule has 0 aliphatic heterocycles. The van der Waals surface area contributed by atoms with Gasteiger partial charge in [-0.3, -0.25) is 0 Å². The van der Waals surface area contributed by atoms with Gasteiger partial charge in [0.1, 0.15) is 0 Å². The Morgan fingerprint density at radius 1 is 1.04 bits per heavy atom. The smallest absolute Gasteiger partial charge is 0.241 e. The molecule has 0 aliphatic carbocycles. The highest BCUT2D eigenvalue weighted by Gasteiger charge is 2.27. The number of nitrogens with one attached hydrogen (secondary N) is 2. The number of hydrogen-bond acceptors (Lipinski definition) is 2. The molecule has 0 aliphatic rings. The number of aromatic amines is 1. The van der Waals surface area contributed by atoms with Crippen LogP contribution in [0.4, 0.5) is 0 Å². The van der Waals surface area contributed by atoms with Gasteiger partial charge in [0.05, 0.1) is 4.90 Å². The average molecular weight is 385 g/mol. The summed E-state index contributed by atoms with van der Waals surface area (Å²) in [7, 11) is -3.59. The van der Waals surface area contributed by atoms with Crippen LogP contribution in [0.25, 0.3) is 10.9 Å². The van der Waals surface area contributed by atoms with Gasteiger partial charge in [0, 0.05) is 17.8 Å². The van der Waals surface area contributed by atoms with Crippen molar-refractivity contribution < 1.29 is 8.42 Å². The molecule has 0 fully saturated rings. The van der Waals surface area contributed by atoms with Gasteiger partial charge in [0.25, 0.3) is 0 Å². The molecule has 1 heterocycles. The third kappa shape index (κ3) is 3.94. The van der Waals surface area contributed by atoms with Gasteiger partial charge in [-0.05, 0) is 67.3 Å². The van der Waals surface area contributed by atoms with Crippen molar-refractivity contribution in [3.63, 3.8) is 0 Å². The van der Waals surface area contributed by atoms with Crippen LogP contribution < -0.4 is 4.72 Å². The predicted octanol–water partition coefficient (Wildman–Crippen LogP) is 4.95. The van der Waals surface area contributed by atoms with Crippen LogP contribution in [0.5, 0.6) is 0 Å². The summed E-state index contributed by atoms with van der Waals surface area (Å²) in [4.78, 5) is 3.63. The number of H-pyrrole nitrogens is 1. The van der Waals surface area contributed by atoms with Crippen molar-refractivity contribution in [1.29, 1.82) is 0 Å². The van der Waals surface area contributed by atoms with Gasteiger partial charge in [0.2, 0.25) is 10.0 Å². The Hall–Kier alpha value is -2.11. The second kappa shape index (κ2) is 7.49. The van der Waals surface area contributed by atoms with E-state index in [0.717, 1.165) is 33.2 Å². The minimum atomic E-state index is -3.59. The van der Waals surface area contributed by atoms with Crippen molar-refractivity contribution in [2.24, 2.45) is 0 Å². The maximum atomic E-state index is 13.1. The summed E-state index contributed by atoms with van der Waals surface area (Å²) in [6, 6.07) is 12.0. The van der Waals surface area contributed by atoms with Gasteiger partial charge in [-0.25, -0.2) is 13.1 Å². The molecule has 1 aromatic heterocycles. The average Bonchev–Trinajstić information content (AvgIpc) is 3.05. The number of aryl methyl sites for hydroxylation is 3. The van der Waals surface area contributed by atoms with Crippen LogP contribution in [-0.2, 0) is 10.0 Å². The normalized spacial score (nSPS) is 14.4. The number of aromatic nitrogens is 1. The monoisotopic (exact) mass is 384 g/mol. The number of sulfonamides is 1. The molecule has 0 saturated heterocycles. The van der Waals surface area contributed by atoms with Crippen molar-refractivity contribution in [3.8, 4) is 0 Å². The summed E-state index contributed by atoms with van der Waals surface area (Å²) in [5.74, 6) is 0.0588. The topological polar surface area (TPSA) is 62.0 Å². The molecule has 1 unspecified atom stereocenters. The molecule has 2 atom stereocenters. The molecule has 27 heavy (non-hydrogen) atoms. The number of hydrogen-bond donors (Lipinski definition) is 2. The van der Waals surface area contributed by atoms with Gasteiger partial charge in [-0.1, -0.05) is 43.7 Å². The summed E-state index contributed by atoms with van der Waals surface area (Å²) in [6.45, 7) is 9.80. The molecule has 3 rings (SSSR count). The van der Waals surface area contributed by atoms with E-state index < -0.39 is 10.0 Å². The van der Waals surface area contributed by atoms with E-state index in [9.17, 15) is 8.42 Å². The van der Waals surface area contributed by atoms with E-state index >= 15 is 0 Å². The van der Waals surface area contributed by atoms with E-state index in [1.54, 1.807) is 0 Å². The largest absolute Gasteiger partial charge is 0.361 e. The predicted molar refractivity (Wildman–Crippen MR) is 112 cm³/mol. The first kappa shape index (κ1) is 19.6. The highest BCUT2D eigenvalue weighted by molar-refractivity contribution is 7.89. The highest BCUT2D eigenvalue weighted by Crippen LogP contribution is 2.27. The summed E-state index contributed by atoms with van der Waals surface area (Å²) < 4.78 is 29.3. The second-order valence-electron chi connectivity index (χ2n) is 7.48. The number of fused-ring (bicyclic) bond motifs is 1. The Kier molecular flexibility index (Phi) is 5.45. The third-order valence-electron chi connectivity index (χ3n) is 5.33. The van der Waals surface area contributed by atoms with Gasteiger partial charge in [-0.2, -0.15) is 0 Å². The van der Waals surface area contributed by atoms with Crippen LogP contribution in [0.15, 0.2) is 47.5 Å². The Labute approximate surface area is 162 Å². The van der Waals surface area contributed by atoms with Crippen molar-refractivity contribution in [2.45, 2.75) is 57.9 Å². The summed E-state index contributed by atoms with van der Waals surface area (Å²) in [5, 5.41) is 1.16. The molecule has 0 radical (unpaired) electrons. The lowest BCUT2D eigenvalue weighted by Crippen LogP contribution is -2.38. The SMILES string of the molecule is CCC(NS(=O)(=O)c1c(C)cc(C)cc1C)[C@@H](C)c1ccc2cc[nH]c2c1. The number of rotatable bonds is 6. The molecule has 0 bridgehead atoms. The highest BCUT2D eigenvalue weighted by atomic mass is 32.2. The maximum absolute atomic E-state index is 13.1. The van der Waals surface area contributed by atoms with Crippen LogP contribution >= 0.6 is 0 Å². The zero-order valence-corrected chi connectivity index (χ0v) is 17.4. The maximum Gasteiger partial charge on any atom is 0.241 e. The van der Waals surface area contributed by atoms with Crippen molar-refractivity contribution in [2.75, 3.05) is 0 Å². The Bertz CT molecular complexity index is 1040. The van der Waals surface area contributed by atoms with Gasteiger partial charge in [-0.15, -0.1) is 0 Å². The lowest BCUT2D eigenvalue weighted by atomic mass is 9.92. The second-order valence-corrected chi connectivity index (χ2v) is 9.13. The molecule has 144 valence electrons. The molecule has 0 amide bonds. The van der Waals surface area contributed by atoms with E-state index in [1.807, 2.05) is 52.1 Å². The molecule has 5 heteroatoms. The van der Waals surface area contributed by atoms with Gasteiger partial charge >= 0.3 is 0 Å². The third-order valence-corrected chi connectivity index (χ3v) is 7.12. The van der Waals surface area contributed by atoms with Crippen LogP contribution in [0, 0.1) is 20.8 Å². The van der Waals surface area contributed by atoms with E-state index in [0.29, 0.717) is 11.3 Å². The molecular weight excluding hydrogens is 356 g/mol. The van der Waals surface area contributed by atoms with E-state index in [2.05, 4.69) is 34.8 Å². The minimum absolute atomic E-state index is 0.0588. The Morgan fingerprint density at radius 3 is 2.33 bits per heavy atom. The van der Waals surface area contributed by atoms with E-state index in [-0.39, 0.29) is 12.0 Å². The first-order valence-corrected chi connectivity index (χ1v) is 10.9. The molecule has 2 N–H and O–H groups in total. The molecule has 2 aromatic carbocycles. The standard InChI is InChI=1S/C22H28N2O2S/c1-6-20(17(5)19-8-7-18-9-10-23-21(18)13-19)24-27(25,26)22-15(3)11-14(2)12-16(22)4/h7-13,17,20,23-24H,6H2,1-5H3/t17-,20?/m0/s1. The first-order chi connectivity index (χ1) is 12.7. The summed E-state index contributed by atoms with van der Waals surface area (Å²) in [5.41, 5.74) is 4.84. The fourth-order valence-electron chi connectivity index (χ4n) is 3.97. The Morgan fingerprint density at radius 2 is 1.70 bits per heavy atom. The molecule has 0 spiro atoms. The quantitative estimate of drug-likeness (QED) is 0.631. The molecular formula is C22H28N2O2S. The lowest BCUT2D eigenvalue weighted by Gasteiger charge is -2.25. The number of benzene rings is 2. The van der Waals surface area contributed by atoms with Crippen molar-refractivity contribution >= 4 is 20.9 Å². The van der Waals surface area contributed by atoms with Crippen LogP contribution in [-0.4, -0.2) is 19.4 Å². The molecule has 0 saturated carbocycles. The fraction of sp³-hybridized carbons (Fsp3) is 0.364. The zero-order valence-electron chi connectivity index (χ0n) is 16.6. The zero-order chi connectivity index (χ0) is 19.8. The summed E-state index contributed by atoms with van der Waals surface area (Å²) in [6.07, 6.45) is 2.63. The van der Waals surface area contributed by atoms with Crippen molar-refractivity contribution in [3.05, 3.63) is 64.8 Å². The molecule has 4 nitrogen and oxygen atoms in total. The van der Waals surface area contributed by atoms with E-state index in [4.69, 9.17) is 0 Å². The minimum Gasteiger partial charge on any atom is -0.361 e. The van der Waals surface area contributed by atoms with Crippen LogP contribution in [0.3, 0.4) is 0 Å². The van der Waals surface area contributed by atoms with Crippen LogP contribution in [0.2, 0.25) is 0 Å². The lowest BCUT2D eigenvalue weighted by molar-refractivity contribution is 0.489. The first-order valence-electron chi connectivity index (χ1n) is 9.40. The van der Waals surface area contributed by atoms with Gasteiger partial charge in [0.15, 0.2) is 0 Å². The van der Waals surface area contributed by atoms with Gasteiger partial charge < -0.3 is 4.98 Å².